The molecular weight excluding hydrogens is 253 g/mol. The Hall–Kier alpha value is -0.320. The molecule has 0 aliphatic heterocycles. The van der Waals surface area contributed by atoms with E-state index in [9.17, 15) is 9.90 Å². The normalized spacial score (nSPS) is 11.5. The van der Waals surface area contributed by atoms with Gasteiger partial charge in [-0.2, -0.15) is 0 Å². The van der Waals surface area contributed by atoms with E-state index in [0.717, 1.165) is 25.0 Å². The number of rotatable bonds is 11. The van der Waals surface area contributed by atoms with Gasteiger partial charge in [0.1, 0.15) is 0 Å². The molecule has 0 aliphatic rings. The summed E-state index contributed by atoms with van der Waals surface area (Å²) in [4.78, 5) is 13.9. The van der Waals surface area contributed by atoms with Gasteiger partial charge in [0.25, 0.3) is 0 Å². The fraction of sp³-hybridized carbons (Fsp3) is 0.714. The summed E-state index contributed by atoms with van der Waals surface area (Å²) in [7, 11) is 0. The molecule has 0 atom stereocenters. The van der Waals surface area contributed by atoms with E-state index in [2.05, 4.69) is 11.9 Å². The van der Waals surface area contributed by atoms with Crippen LogP contribution >= 0.6 is 0 Å². The van der Waals surface area contributed by atoms with Gasteiger partial charge in [-0.05, 0) is 18.4 Å². The van der Waals surface area contributed by atoms with Gasteiger partial charge in [0, 0.05) is 12.6 Å². The van der Waals surface area contributed by atoms with Crippen LogP contribution in [0.15, 0.2) is 17.1 Å². The van der Waals surface area contributed by atoms with Crippen molar-refractivity contribution in [1.82, 2.24) is 0 Å². The molecule has 0 aliphatic carbocycles. The van der Waals surface area contributed by atoms with Crippen molar-refractivity contribution in [3.05, 3.63) is 12.2 Å². The third-order valence-corrected chi connectivity index (χ3v) is 2.65. The van der Waals surface area contributed by atoms with Gasteiger partial charge in [-0.25, -0.2) is 4.79 Å². The SMILES string of the molecule is CCCCCCCCCCN=C([O-])/C=C/C(=O)O.[Na+]. The molecule has 0 unspecified atom stereocenters. The van der Waals surface area contributed by atoms with Crippen molar-refractivity contribution in [2.24, 2.45) is 4.99 Å². The standard InChI is InChI=1S/C14H25NO3.Na/c1-2-3-4-5-6-7-8-9-12-15-13(16)10-11-14(17)18;/h10-11H,2-9,12H2,1H3,(H,15,16)(H,17,18);/q;+1/p-1/b11-10+;. The number of aliphatic carboxylic acids is 1. The molecule has 0 saturated heterocycles. The summed E-state index contributed by atoms with van der Waals surface area (Å²) < 4.78 is 0. The van der Waals surface area contributed by atoms with Crippen LogP contribution in [0, 0.1) is 0 Å². The van der Waals surface area contributed by atoms with Crippen LogP contribution in [0.2, 0.25) is 0 Å². The topological polar surface area (TPSA) is 72.7 Å². The second kappa shape index (κ2) is 15.7. The first-order chi connectivity index (χ1) is 8.66. The number of hydrogen-bond donors (Lipinski definition) is 1. The minimum atomic E-state index is -1.12. The van der Waals surface area contributed by atoms with E-state index in [1.54, 1.807) is 0 Å². The Bertz CT molecular complexity index is 278. The van der Waals surface area contributed by atoms with E-state index in [0.29, 0.717) is 6.54 Å². The molecule has 5 heteroatoms. The molecule has 0 saturated carbocycles. The van der Waals surface area contributed by atoms with Crippen LogP contribution in [0.3, 0.4) is 0 Å². The molecule has 0 amide bonds. The number of hydrogen-bond acceptors (Lipinski definition) is 3. The average molecular weight is 277 g/mol. The van der Waals surface area contributed by atoms with E-state index in [-0.39, 0.29) is 29.6 Å². The maximum Gasteiger partial charge on any atom is 1.00 e. The Kier molecular flexibility index (Phi) is 17.4. The Morgan fingerprint density at radius 1 is 1.05 bits per heavy atom. The summed E-state index contributed by atoms with van der Waals surface area (Å²) >= 11 is 0. The predicted molar refractivity (Wildman–Crippen MR) is 71.7 cm³/mol. The zero-order chi connectivity index (χ0) is 13.6. The molecule has 0 bridgehead atoms. The Labute approximate surface area is 138 Å². The van der Waals surface area contributed by atoms with Gasteiger partial charge >= 0.3 is 35.5 Å². The van der Waals surface area contributed by atoms with E-state index in [4.69, 9.17) is 5.11 Å². The van der Waals surface area contributed by atoms with Crippen molar-refractivity contribution in [2.75, 3.05) is 6.54 Å². The molecule has 0 radical (unpaired) electrons. The first-order valence-electron chi connectivity index (χ1n) is 6.79. The first kappa shape index (κ1) is 21.0. The van der Waals surface area contributed by atoms with Gasteiger partial charge in [-0.15, -0.1) is 0 Å². The predicted octanol–water partition coefficient (Wildman–Crippen LogP) is -0.469. The zero-order valence-corrected chi connectivity index (χ0v) is 14.2. The summed E-state index contributed by atoms with van der Waals surface area (Å²) in [6.45, 7) is 2.70. The monoisotopic (exact) mass is 277 g/mol. The number of carboxylic acid groups (broad SMARTS) is 1. The number of aliphatic imine (C=N–C) groups is 1. The van der Waals surface area contributed by atoms with Gasteiger partial charge < -0.3 is 15.2 Å². The van der Waals surface area contributed by atoms with Crippen LogP contribution in [0.4, 0.5) is 0 Å². The average Bonchev–Trinajstić information content (AvgIpc) is 2.34. The molecule has 0 spiro atoms. The van der Waals surface area contributed by atoms with E-state index in [1.807, 2.05) is 0 Å². The summed E-state index contributed by atoms with van der Waals surface area (Å²) in [5.41, 5.74) is 0. The molecule has 0 aromatic heterocycles. The van der Waals surface area contributed by atoms with Crippen LogP contribution < -0.4 is 34.7 Å². The van der Waals surface area contributed by atoms with Crippen molar-refractivity contribution in [1.29, 1.82) is 0 Å². The van der Waals surface area contributed by atoms with Crippen LogP contribution in [-0.2, 0) is 4.79 Å². The molecule has 1 N–H and O–H groups in total. The third kappa shape index (κ3) is 17.7. The Morgan fingerprint density at radius 2 is 1.58 bits per heavy atom. The van der Waals surface area contributed by atoms with E-state index < -0.39 is 11.9 Å². The molecule has 19 heavy (non-hydrogen) atoms. The molecule has 0 rings (SSSR count). The second-order valence-electron chi connectivity index (χ2n) is 4.37. The molecule has 4 nitrogen and oxygen atoms in total. The van der Waals surface area contributed by atoms with Crippen LogP contribution in [0.25, 0.3) is 0 Å². The van der Waals surface area contributed by atoms with Crippen molar-refractivity contribution >= 4 is 11.9 Å². The molecule has 0 fully saturated rings. The summed E-state index contributed by atoms with van der Waals surface area (Å²) in [6, 6.07) is 0. The summed E-state index contributed by atoms with van der Waals surface area (Å²) in [5.74, 6) is -1.58. The number of carboxylic acids is 1. The van der Waals surface area contributed by atoms with Gasteiger partial charge in [-0.3, -0.25) is 0 Å². The molecule has 104 valence electrons. The molecule has 0 heterocycles. The number of carbonyl (C=O) groups is 1. The minimum Gasteiger partial charge on any atom is -0.859 e. The second-order valence-corrected chi connectivity index (χ2v) is 4.37. The summed E-state index contributed by atoms with van der Waals surface area (Å²) in [5, 5.41) is 19.3. The van der Waals surface area contributed by atoms with Crippen LogP contribution in [0.5, 0.6) is 0 Å². The number of nitrogens with zero attached hydrogens (tertiary/aromatic N) is 1. The van der Waals surface area contributed by atoms with Gasteiger partial charge in [0.05, 0.1) is 0 Å². The Morgan fingerprint density at radius 3 is 2.11 bits per heavy atom. The van der Waals surface area contributed by atoms with E-state index in [1.165, 1.54) is 38.5 Å². The largest absolute Gasteiger partial charge is 1.00 e. The zero-order valence-electron chi connectivity index (χ0n) is 12.2. The van der Waals surface area contributed by atoms with Crippen molar-refractivity contribution in [2.45, 2.75) is 58.3 Å². The fourth-order valence-electron chi connectivity index (χ4n) is 1.63. The van der Waals surface area contributed by atoms with E-state index >= 15 is 0 Å². The smallest absolute Gasteiger partial charge is 0.859 e. The third-order valence-electron chi connectivity index (χ3n) is 2.65. The number of unbranched alkanes of at least 4 members (excludes halogenated alkanes) is 7. The molecule has 0 aromatic rings. The first-order valence-corrected chi connectivity index (χ1v) is 6.79. The quantitative estimate of drug-likeness (QED) is 0.182. The van der Waals surface area contributed by atoms with Crippen LogP contribution in [0.1, 0.15) is 58.3 Å². The fourth-order valence-corrected chi connectivity index (χ4v) is 1.63. The molecular formula is C14H24NNaO3. The van der Waals surface area contributed by atoms with Gasteiger partial charge in [0.15, 0.2) is 0 Å². The van der Waals surface area contributed by atoms with Crippen molar-refractivity contribution < 1.29 is 44.6 Å². The molecule has 0 aromatic carbocycles. The maximum atomic E-state index is 11.0. The van der Waals surface area contributed by atoms with Crippen molar-refractivity contribution in [3.63, 3.8) is 0 Å². The van der Waals surface area contributed by atoms with Gasteiger partial charge in [0.2, 0.25) is 0 Å². The van der Waals surface area contributed by atoms with Crippen LogP contribution in [-0.4, -0.2) is 23.5 Å². The Balaban J connectivity index is 0. The summed E-state index contributed by atoms with van der Waals surface area (Å²) in [6.07, 6.45) is 11.5. The maximum absolute atomic E-state index is 11.0. The van der Waals surface area contributed by atoms with Crippen molar-refractivity contribution in [3.8, 4) is 0 Å². The minimum absolute atomic E-state index is 0. The van der Waals surface area contributed by atoms with Gasteiger partial charge in [-0.1, -0.05) is 51.9 Å².